The number of rotatable bonds is 9. The Bertz CT molecular complexity index is 731. The molecule has 0 aliphatic carbocycles. The average Bonchev–Trinajstić information content (AvgIpc) is 2.62. The van der Waals surface area contributed by atoms with E-state index in [0.717, 1.165) is 6.42 Å². The number of aryl methyl sites for hydroxylation is 1. The van der Waals surface area contributed by atoms with Crippen LogP contribution in [0.25, 0.3) is 0 Å². The molecule has 1 rings (SSSR count). The molecule has 0 saturated carbocycles. The van der Waals surface area contributed by atoms with Crippen molar-refractivity contribution in [3.05, 3.63) is 29.8 Å². The SMILES string of the molecule is CCc1ccc(NC(=O)CNC(=O)C(NC(=O)C(C)(C)CC(C)(C)C)C(C)C)cc1. The highest BCUT2D eigenvalue weighted by atomic mass is 16.2. The fraction of sp³-hybridized carbons (Fsp3) is 0.625. The summed E-state index contributed by atoms with van der Waals surface area (Å²) < 4.78 is 0. The predicted octanol–water partition coefficient (Wildman–Crippen LogP) is 3.91. The summed E-state index contributed by atoms with van der Waals surface area (Å²) in [4.78, 5) is 37.7. The molecular weight excluding hydrogens is 378 g/mol. The average molecular weight is 418 g/mol. The molecule has 168 valence electrons. The topological polar surface area (TPSA) is 87.3 Å². The summed E-state index contributed by atoms with van der Waals surface area (Å²) in [6.45, 7) is 15.7. The Balaban J connectivity index is 2.66. The number of carbonyl (C=O) groups excluding carboxylic acids is 3. The van der Waals surface area contributed by atoms with E-state index in [9.17, 15) is 14.4 Å². The van der Waals surface area contributed by atoms with Crippen molar-refractivity contribution in [1.29, 1.82) is 0 Å². The first-order valence-corrected chi connectivity index (χ1v) is 10.7. The van der Waals surface area contributed by atoms with Gasteiger partial charge in [-0.25, -0.2) is 0 Å². The van der Waals surface area contributed by atoms with Crippen LogP contribution in [0.15, 0.2) is 24.3 Å². The lowest BCUT2D eigenvalue weighted by atomic mass is 9.75. The molecule has 0 heterocycles. The quantitative estimate of drug-likeness (QED) is 0.569. The molecule has 0 bridgehead atoms. The standard InChI is InChI=1S/C24H39N3O3/c1-9-17-10-12-18(13-11-17)26-19(28)14-25-21(29)20(16(2)3)27-22(30)24(7,8)15-23(4,5)6/h10-13,16,20H,9,14-15H2,1-8H3,(H,25,29)(H,26,28)(H,27,30). The fourth-order valence-corrected chi connectivity index (χ4v) is 3.58. The van der Waals surface area contributed by atoms with Gasteiger partial charge in [-0.3, -0.25) is 14.4 Å². The molecule has 3 N–H and O–H groups in total. The maximum Gasteiger partial charge on any atom is 0.243 e. The van der Waals surface area contributed by atoms with Gasteiger partial charge in [-0.1, -0.05) is 67.5 Å². The summed E-state index contributed by atoms with van der Waals surface area (Å²) in [5.41, 5.74) is 1.26. The third-order valence-corrected chi connectivity index (χ3v) is 4.89. The first kappa shape index (κ1) is 25.7. The normalized spacial score (nSPS) is 13.0. The number of amides is 3. The number of nitrogens with one attached hydrogen (secondary N) is 3. The van der Waals surface area contributed by atoms with Gasteiger partial charge >= 0.3 is 0 Å². The zero-order valence-electron chi connectivity index (χ0n) is 19.8. The van der Waals surface area contributed by atoms with Crippen LogP contribution in [0.2, 0.25) is 0 Å². The van der Waals surface area contributed by atoms with E-state index in [4.69, 9.17) is 0 Å². The van der Waals surface area contributed by atoms with Crippen molar-refractivity contribution in [2.45, 2.75) is 74.3 Å². The molecular formula is C24H39N3O3. The predicted molar refractivity (Wildman–Crippen MR) is 122 cm³/mol. The van der Waals surface area contributed by atoms with Gasteiger partial charge in [-0.05, 0) is 41.9 Å². The van der Waals surface area contributed by atoms with Gasteiger partial charge in [0.2, 0.25) is 17.7 Å². The van der Waals surface area contributed by atoms with Gasteiger partial charge in [0.15, 0.2) is 0 Å². The van der Waals surface area contributed by atoms with Crippen LogP contribution in [0.5, 0.6) is 0 Å². The monoisotopic (exact) mass is 417 g/mol. The van der Waals surface area contributed by atoms with Crippen LogP contribution in [0.3, 0.4) is 0 Å². The van der Waals surface area contributed by atoms with E-state index in [1.807, 2.05) is 52.0 Å². The van der Waals surface area contributed by atoms with Gasteiger partial charge < -0.3 is 16.0 Å². The molecule has 6 nitrogen and oxygen atoms in total. The second-order valence-corrected chi connectivity index (χ2v) is 10.1. The van der Waals surface area contributed by atoms with Gasteiger partial charge in [0.05, 0.1) is 6.54 Å². The van der Waals surface area contributed by atoms with Crippen molar-refractivity contribution in [1.82, 2.24) is 10.6 Å². The molecule has 0 saturated heterocycles. The van der Waals surface area contributed by atoms with Crippen LogP contribution < -0.4 is 16.0 Å². The lowest BCUT2D eigenvalue weighted by Crippen LogP contribution is -2.54. The second-order valence-electron chi connectivity index (χ2n) is 10.1. The van der Waals surface area contributed by atoms with E-state index in [1.165, 1.54) is 5.56 Å². The van der Waals surface area contributed by atoms with Gasteiger partial charge in [-0.2, -0.15) is 0 Å². The van der Waals surface area contributed by atoms with Crippen molar-refractivity contribution >= 4 is 23.4 Å². The molecule has 0 spiro atoms. The minimum absolute atomic E-state index is 0.0101. The van der Waals surface area contributed by atoms with E-state index < -0.39 is 11.5 Å². The van der Waals surface area contributed by atoms with Crippen LogP contribution >= 0.6 is 0 Å². The molecule has 6 heteroatoms. The molecule has 30 heavy (non-hydrogen) atoms. The Labute approximate surface area is 181 Å². The molecule has 1 aromatic carbocycles. The van der Waals surface area contributed by atoms with Gasteiger partial charge in [0.1, 0.15) is 6.04 Å². The maximum absolute atomic E-state index is 12.8. The van der Waals surface area contributed by atoms with Crippen molar-refractivity contribution in [3.63, 3.8) is 0 Å². The summed E-state index contributed by atoms with van der Waals surface area (Å²) >= 11 is 0. The van der Waals surface area contributed by atoms with Crippen molar-refractivity contribution < 1.29 is 14.4 Å². The van der Waals surface area contributed by atoms with E-state index in [1.54, 1.807) is 0 Å². The molecule has 3 amide bonds. The van der Waals surface area contributed by atoms with Crippen molar-refractivity contribution in [2.24, 2.45) is 16.7 Å². The van der Waals surface area contributed by atoms with Crippen molar-refractivity contribution in [3.8, 4) is 0 Å². The Morgan fingerprint density at radius 1 is 0.967 bits per heavy atom. The van der Waals surface area contributed by atoms with Crippen LogP contribution in [0.4, 0.5) is 5.69 Å². The number of anilines is 1. The zero-order valence-corrected chi connectivity index (χ0v) is 19.8. The van der Waals surface area contributed by atoms with E-state index in [0.29, 0.717) is 12.1 Å². The summed E-state index contributed by atoms with van der Waals surface area (Å²) in [5.74, 6) is -0.938. The molecule has 1 atom stereocenters. The minimum atomic E-state index is -0.701. The smallest absolute Gasteiger partial charge is 0.243 e. The number of carbonyl (C=O) groups is 3. The third-order valence-electron chi connectivity index (χ3n) is 4.89. The van der Waals surface area contributed by atoms with E-state index in [2.05, 4.69) is 43.6 Å². The van der Waals surface area contributed by atoms with Gasteiger partial charge in [0.25, 0.3) is 0 Å². The van der Waals surface area contributed by atoms with Crippen LogP contribution in [-0.2, 0) is 20.8 Å². The summed E-state index contributed by atoms with van der Waals surface area (Å²) in [5, 5.41) is 8.30. The zero-order chi connectivity index (χ0) is 23.1. The summed E-state index contributed by atoms with van der Waals surface area (Å²) in [7, 11) is 0. The van der Waals surface area contributed by atoms with Gasteiger partial charge in [0, 0.05) is 11.1 Å². The first-order valence-electron chi connectivity index (χ1n) is 10.7. The Morgan fingerprint density at radius 3 is 2.00 bits per heavy atom. The molecule has 1 unspecified atom stereocenters. The Kier molecular flexibility index (Phi) is 9.07. The van der Waals surface area contributed by atoms with E-state index >= 15 is 0 Å². The van der Waals surface area contributed by atoms with Crippen LogP contribution in [-0.4, -0.2) is 30.3 Å². The largest absolute Gasteiger partial charge is 0.345 e. The van der Waals surface area contributed by atoms with Crippen LogP contribution in [0.1, 0.15) is 67.4 Å². The molecule has 0 aliphatic rings. The highest BCUT2D eigenvalue weighted by Gasteiger charge is 2.35. The molecule has 0 fully saturated rings. The Hall–Kier alpha value is -2.37. The van der Waals surface area contributed by atoms with Gasteiger partial charge in [-0.15, -0.1) is 0 Å². The lowest BCUT2D eigenvalue weighted by molar-refractivity contribution is -0.136. The maximum atomic E-state index is 12.8. The molecule has 1 aromatic rings. The highest BCUT2D eigenvalue weighted by Crippen LogP contribution is 2.33. The molecule has 0 radical (unpaired) electrons. The number of hydrogen-bond donors (Lipinski definition) is 3. The molecule has 0 aromatic heterocycles. The number of benzene rings is 1. The lowest BCUT2D eigenvalue weighted by Gasteiger charge is -2.33. The number of hydrogen-bond acceptors (Lipinski definition) is 3. The van der Waals surface area contributed by atoms with Crippen LogP contribution in [0, 0.1) is 16.7 Å². The fourth-order valence-electron chi connectivity index (χ4n) is 3.58. The first-order chi connectivity index (χ1) is 13.7. The van der Waals surface area contributed by atoms with E-state index in [-0.39, 0.29) is 35.6 Å². The minimum Gasteiger partial charge on any atom is -0.345 e. The highest BCUT2D eigenvalue weighted by molar-refractivity contribution is 5.96. The Morgan fingerprint density at radius 2 is 1.53 bits per heavy atom. The second kappa shape index (κ2) is 10.6. The van der Waals surface area contributed by atoms with Crippen molar-refractivity contribution in [2.75, 3.05) is 11.9 Å². The molecule has 0 aliphatic heterocycles. The summed E-state index contributed by atoms with van der Waals surface area (Å²) in [6.07, 6.45) is 1.62. The third kappa shape index (κ3) is 8.56. The summed E-state index contributed by atoms with van der Waals surface area (Å²) in [6, 6.07) is 6.89.